The molecule has 0 saturated heterocycles. The molecule has 0 aliphatic rings. The predicted molar refractivity (Wildman–Crippen MR) is 76.0 cm³/mol. The summed E-state index contributed by atoms with van der Waals surface area (Å²) >= 11 is 0. The lowest BCUT2D eigenvalue weighted by molar-refractivity contribution is -0.144. The number of rotatable bonds is 7. The molecule has 0 fully saturated rings. The third-order valence-electron chi connectivity index (χ3n) is 2.85. The second kappa shape index (κ2) is 6.39. The average molecular weight is 301 g/mol. The fourth-order valence-electron chi connectivity index (χ4n) is 1.27. The number of hydrogen-bond acceptors (Lipinski definition) is 5. The van der Waals surface area contributed by atoms with E-state index < -0.39 is 24.8 Å². The summed E-state index contributed by atoms with van der Waals surface area (Å²) in [5.74, 6) is -0.871. The first-order chi connectivity index (χ1) is 9.22. The lowest BCUT2D eigenvalue weighted by atomic mass is 10.2. The number of hydrogen-bond donors (Lipinski definition) is 2. The van der Waals surface area contributed by atoms with Crippen LogP contribution in [0, 0.1) is 0 Å². The fourth-order valence-corrected chi connectivity index (χ4v) is 2.98. The topological polar surface area (TPSA) is 98.9 Å². The molecule has 2 unspecified atom stereocenters. The van der Waals surface area contributed by atoms with Gasteiger partial charge in [-0.25, -0.2) is 9.36 Å². The van der Waals surface area contributed by atoms with Crippen LogP contribution in [0.2, 0.25) is 0 Å². The second-order valence-corrected chi connectivity index (χ2v) is 7.60. The van der Waals surface area contributed by atoms with Gasteiger partial charge < -0.3 is 15.4 Å². The van der Waals surface area contributed by atoms with Crippen LogP contribution in [0.1, 0.15) is 20.8 Å². The Bertz CT molecular complexity index is 503. The summed E-state index contributed by atoms with van der Waals surface area (Å²) in [5.41, 5.74) is 5.62. The lowest BCUT2D eigenvalue weighted by Crippen LogP contribution is -2.36. The van der Waals surface area contributed by atoms with E-state index >= 15 is 0 Å². The fraction of sp³-hybridized carbons (Fsp3) is 0.462. The highest BCUT2D eigenvalue weighted by Gasteiger charge is 2.46. The zero-order valence-corrected chi connectivity index (χ0v) is 12.7. The largest absolute Gasteiger partial charge is 0.479 e. The molecular formula is C13H20NO5P. The van der Waals surface area contributed by atoms with Crippen LogP contribution in [0.25, 0.3) is 0 Å². The van der Waals surface area contributed by atoms with E-state index in [2.05, 4.69) is 0 Å². The number of benzene rings is 1. The minimum absolute atomic E-state index is 0.0312. The molecule has 0 heterocycles. The average Bonchev–Trinajstić information content (AvgIpc) is 2.39. The van der Waals surface area contributed by atoms with Crippen molar-refractivity contribution in [1.82, 2.24) is 0 Å². The number of aliphatic carboxylic acids is 1. The Balaban J connectivity index is 3.08. The number of nitrogens with two attached hydrogens (primary N) is 1. The highest BCUT2D eigenvalue weighted by atomic mass is 31.2. The molecule has 1 rings (SSSR count). The summed E-state index contributed by atoms with van der Waals surface area (Å²) in [6.07, 6.45) is -1.25. The summed E-state index contributed by atoms with van der Waals surface area (Å²) in [7, 11) is -3.76. The molecule has 0 saturated carbocycles. The molecule has 20 heavy (non-hydrogen) atoms. The van der Waals surface area contributed by atoms with Gasteiger partial charge in [0, 0.05) is 6.54 Å². The molecule has 112 valence electrons. The molecule has 6 nitrogen and oxygen atoms in total. The molecular weight excluding hydrogens is 281 g/mol. The first-order valence-corrected chi connectivity index (χ1v) is 7.72. The van der Waals surface area contributed by atoms with Crippen LogP contribution in [0.5, 0.6) is 5.75 Å². The van der Waals surface area contributed by atoms with Crippen LogP contribution < -0.4 is 10.3 Å². The maximum absolute atomic E-state index is 13.0. The zero-order chi connectivity index (χ0) is 15.4. The number of para-hydroxylation sites is 1. The molecule has 1 aromatic carbocycles. The van der Waals surface area contributed by atoms with Gasteiger partial charge in [0.15, 0.2) is 6.10 Å². The quantitative estimate of drug-likeness (QED) is 0.751. The minimum Gasteiger partial charge on any atom is -0.479 e. The van der Waals surface area contributed by atoms with E-state index in [-0.39, 0.29) is 6.54 Å². The smallest absolute Gasteiger partial charge is 0.386 e. The van der Waals surface area contributed by atoms with Gasteiger partial charge in [-0.2, -0.15) is 0 Å². The Morgan fingerprint density at radius 2 is 1.95 bits per heavy atom. The van der Waals surface area contributed by atoms with Crippen LogP contribution in [-0.4, -0.2) is 28.9 Å². The van der Waals surface area contributed by atoms with Crippen molar-refractivity contribution in [2.24, 2.45) is 5.73 Å². The van der Waals surface area contributed by atoms with E-state index in [1.807, 2.05) is 0 Å². The Morgan fingerprint density at radius 3 is 2.40 bits per heavy atom. The van der Waals surface area contributed by atoms with Crippen LogP contribution in [-0.2, 0) is 13.9 Å². The summed E-state index contributed by atoms with van der Waals surface area (Å²) in [6, 6.07) is 8.46. The Hall–Kier alpha value is -1.36. The molecule has 7 heteroatoms. The van der Waals surface area contributed by atoms with Crippen LogP contribution in [0.4, 0.5) is 0 Å². The van der Waals surface area contributed by atoms with Crippen molar-refractivity contribution in [2.75, 3.05) is 6.54 Å². The van der Waals surface area contributed by atoms with E-state index in [0.29, 0.717) is 5.75 Å². The van der Waals surface area contributed by atoms with Gasteiger partial charge in [-0.15, -0.1) is 0 Å². The summed E-state index contributed by atoms with van der Waals surface area (Å²) < 4.78 is 23.6. The Morgan fingerprint density at radius 1 is 1.40 bits per heavy atom. The first kappa shape index (κ1) is 16.7. The van der Waals surface area contributed by atoms with Crippen molar-refractivity contribution in [3.05, 3.63) is 30.3 Å². The van der Waals surface area contributed by atoms with Gasteiger partial charge >= 0.3 is 13.6 Å². The van der Waals surface area contributed by atoms with Crippen molar-refractivity contribution >= 4 is 13.6 Å². The Kier molecular flexibility index (Phi) is 5.34. The van der Waals surface area contributed by atoms with Crippen molar-refractivity contribution < 1.29 is 23.5 Å². The van der Waals surface area contributed by atoms with Crippen LogP contribution >= 0.6 is 7.60 Å². The maximum atomic E-state index is 13.0. The molecule has 0 amide bonds. The molecule has 0 aliphatic heterocycles. The van der Waals surface area contributed by atoms with E-state index in [0.717, 1.165) is 0 Å². The van der Waals surface area contributed by atoms with Gasteiger partial charge in [0.2, 0.25) is 0 Å². The predicted octanol–water partition coefficient (Wildman–Crippen LogP) is 2.49. The number of carbonyl (C=O) groups is 1. The molecule has 0 spiro atoms. The van der Waals surface area contributed by atoms with Gasteiger partial charge in [-0.1, -0.05) is 18.2 Å². The summed E-state index contributed by atoms with van der Waals surface area (Å²) in [6.45, 7) is 4.57. The maximum Gasteiger partial charge on any atom is 0.386 e. The standard InChI is InChI=1S/C13H20NO5P/c1-10(12(15)16)18-20(17,13(2,3)9-14)19-11-7-5-4-6-8-11/h4-8,10H,9,14H2,1-3H3,(H,15,16). The molecule has 0 bridgehead atoms. The molecule has 1 aromatic rings. The van der Waals surface area contributed by atoms with Crippen molar-refractivity contribution in [3.63, 3.8) is 0 Å². The third kappa shape index (κ3) is 3.82. The zero-order valence-electron chi connectivity index (χ0n) is 11.8. The first-order valence-electron chi connectivity index (χ1n) is 6.18. The summed E-state index contributed by atoms with van der Waals surface area (Å²) in [4.78, 5) is 10.9. The monoisotopic (exact) mass is 301 g/mol. The SMILES string of the molecule is CC(OP(=O)(Oc1ccccc1)C(C)(C)CN)C(=O)O. The number of carboxylic acids is 1. The van der Waals surface area contributed by atoms with Gasteiger partial charge in [-0.05, 0) is 32.9 Å². The van der Waals surface area contributed by atoms with E-state index in [4.69, 9.17) is 19.9 Å². The van der Waals surface area contributed by atoms with Crippen molar-refractivity contribution in [3.8, 4) is 5.75 Å². The van der Waals surface area contributed by atoms with Gasteiger partial charge in [0.05, 0.1) is 5.16 Å². The number of carboxylic acid groups (broad SMARTS) is 1. The van der Waals surface area contributed by atoms with Crippen molar-refractivity contribution in [1.29, 1.82) is 0 Å². The van der Waals surface area contributed by atoms with Gasteiger partial charge in [0.1, 0.15) is 5.75 Å². The minimum atomic E-state index is -3.76. The molecule has 2 atom stereocenters. The highest BCUT2D eigenvalue weighted by Crippen LogP contribution is 2.59. The van der Waals surface area contributed by atoms with Gasteiger partial charge in [-0.3, -0.25) is 4.52 Å². The van der Waals surface area contributed by atoms with Gasteiger partial charge in [0.25, 0.3) is 0 Å². The van der Waals surface area contributed by atoms with E-state index in [9.17, 15) is 9.36 Å². The molecule has 3 N–H and O–H groups in total. The second-order valence-electron chi connectivity index (χ2n) is 5.00. The molecule has 0 aromatic heterocycles. The normalized spacial score (nSPS) is 16.2. The van der Waals surface area contributed by atoms with Crippen LogP contribution in [0.3, 0.4) is 0 Å². The van der Waals surface area contributed by atoms with Crippen LogP contribution in [0.15, 0.2) is 30.3 Å². The van der Waals surface area contributed by atoms with E-state index in [1.54, 1.807) is 44.2 Å². The third-order valence-corrected chi connectivity index (χ3v) is 5.56. The van der Waals surface area contributed by atoms with Crippen molar-refractivity contribution in [2.45, 2.75) is 32.0 Å². The lowest BCUT2D eigenvalue weighted by Gasteiger charge is -2.33. The molecule has 0 radical (unpaired) electrons. The highest BCUT2D eigenvalue weighted by molar-refractivity contribution is 7.56. The summed E-state index contributed by atoms with van der Waals surface area (Å²) in [5, 5.41) is 7.91. The van der Waals surface area contributed by atoms with E-state index in [1.165, 1.54) is 6.92 Å². The molecule has 0 aliphatic carbocycles. The Labute approximate surface area is 118 Å².